The van der Waals surface area contributed by atoms with E-state index < -0.39 is 12.0 Å². The molecule has 1 aliphatic heterocycles. The molecule has 8 nitrogen and oxygen atoms in total. The van der Waals surface area contributed by atoms with Gasteiger partial charge in [0, 0.05) is 5.56 Å². The zero-order chi connectivity index (χ0) is 30.5. The summed E-state index contributed by atoms with van der Waals surface area (Å²) in [6.45, 7) is 7.96. The fraction of sp³-hybridized carbons (Fsp3) is 0.265. The van der Waals surface area contributed by atoms with Crippen LogP contribution in [0.4, 0.5) is 0 Å². The summed E-state index contributed by atoms with van der Waals surface area (Å²) in [5.41, 5.74) is 2.99. The number of ether oxygens (including phenoxy) is 4. The highest BCUT2D eigenvalue weighted by Gasteiger charge is 2.34. The van der Waals surface area contributed by atoms with Gasteiger partial charge in [-0.25, -0.2) is 9.79 Å². The number of para-hydroxylation sites is 1. The van der Waals surface area contributed by atoms with Gasteiger partial charge in [0.25, 0.3) is 5.56 Å². The number of benzene rings is 3. The molecule has 0 amide bonds. The predicted octanol–water partition coefficient (Wildman–Crippen LogP) is 5.17. The normalized spacial score (nSPS) is 14.7. The van der Waals surface area contributed by atoms with Crippen LogP contribution < -0.4 is 29.1 Å². The number of rotatable bonds is 10. The number of aromatic nitrogens is 1. The molecule has 222 valence electrons. The molecule has 0 saturated heterocycles. The molecule has 1 aromatic heterocycles. The van der Waals surface area contributed by atoms with Crippen LogP contribution in [0.5, 0.6) is 17.2 Å². The minimum absolute atomic E-state index is 0.0609. The second-order valence-electron chi connectivity index (χ2n) is 10.2. The molecule has 3 aromatic carbocycles. The lowest BCUT2D eigenvalue weighted by Crippen LogP contribution is -2.40. The maximum absolute atomic E-state index is 14.1. The molecule has 5 rings (SSSR count). The summed E-state index contributed by atoms with van der Waals surface area (Å²) in [7, 11) is 1.56. The molecule has 0 radical (unpaired) electrons. The second kappa shape index (κ2) is 13.1. The second-order valence-corrected chi connectivity index (χ2v) is 11.2. The summed E-state index contributed by atoms with van der Waals surface area (Å²) in [5, 5.41) is 0. The van der Waals surface area contributed by atoms with Gasteiger partial charge in [-0.2, -0.15) is 0 Å². The molecule has 0 spiro atoms. The minimum atomic E-state index is -0.774. The summed E-state index contributed by atoms with van der Waals surface area (Å²) in [6.07, 6.45) is 1.75. The van der Waals surface area contributed by atoms with E-state index in [0.29, 0.717) is 50.0 Å². The van der Waals surface area contributed by atoms with E-state index >= 15 is 0 Å². The number of thiazole rings is 1. The van der Waals surface area contributed by atoms with Crippen LogP contribution >= 0.6 is 11.3 Å². The molecule has 0 N–H and O–H groups in total. The number of carbonyl (C=O) groups is 1. The van der Waals surface area contributed by atoms with Gasteiger partial charge in [-0.3, -0.25) is 9.36 Å². The number of carbonyl (C=O) groups excluding carboxylic acids is 1. The molecular formula is C34H34N2O6S. The molecule has 0 saturated carbocycles. The van der Waals surface area contributed by atoms with Crippen molar-refractivity contribution in [1.82, 2.24) is 4.57 Å². The highest BCUT2D eigenvalue weighted by atomic mass is 32.1. The van der Waals surface area contributed by atoms with Crippen molar-refractivity contribution in [1.29, 1.82) is 0 Å². The van der Waals surface area contributed by atoms with E-state index in [4.69, 9.17) is 18.9 Å². The SMILES string of the molecule is CCOC(=O)C1=C(C)N=c2s/c(=C/c3ccccc3OCc3ccccc3)c(=O)n2[C@H]1c1ccc(OC(C)C)c(OC)c1. The summed E-state index contributed by atoms with van der Waals surface area (Å²) in [5.74, 6) is 1.20. The zero-order valence-electron chi connectivity index (χ0n) is 24.8. The molecule has 43 heavy (non-hydrogen) atoms. The quantitative estimate of drug-likeness (QED) is 0.234. The van der Waals surface area contributed by atoms with Crippen molar-refractivity contribution in [3.63, 3.8) is 0 Å². The number of nitrogens with zero attached hydrogens (tertiary/aromatic N) is 2. The molecule has 0 unspecified atom stereocenters. The fourth-order valence-corrected chi connectivity index (χ4v) is 5.96. The third-order valence-electron chi connectivity index (χ3n) is 6.83. The van der Waals surface area contributed by atoms with E-state index in [1.807, 2.05) is 80.6 Å². The van der Waals surface area contributed by atoms with Gasteiger partial charge in [0.2, 0.25) is 0 Å². The number of hydrogen-bond acceptors (Lipinski definition) is 8. The highest BCUT2D eigenvalue weighted by molar-refractivity contribution is 7.07. The van der Waals surface area contributed by atoms with Crippen LogP contribution in [0.3, 0.4) is 0 Å². The summed E-state index contributed by atoms with van der Waals surface area (Å²) in [4.78, 5) is 32.5. The third kappa shape index (κ3) is 6.41. The molecule has 1 atom stereocenters. The average Bonchev–Trinajstić information content (AvgIpc) is 3.30. The van der Waals surface area contributed by atoms with Gasteiger partial charge in [0.15, 0.2) is 16.3 Å². The number of fused-ring (bicyclic) bond motifs is 1. The van der Waals surface area contributed by atoms with Gasteiger partial charge in [-0.05, 0) is 63.1 Å². The van der Waals surface area contributed by atoms with Crippen molar-refractivity contribution in [3.8, 4) is 17.2 Å². The van der Waals surface area contributed by atoms with Crippen LogP contribution in [-0.4, -0.2) is 30.4 Å². The number of allylic oxidation sites excluding steroid dienone is 1. The number of hydrogen-bond donors (Lipinski definition) is 0. The lowest BCUT2D eigenvalue weighted by molar-refractivity contribution is -0.139. The Morgan fingerprint density at radius 1 is 1.02 bits per heavy atom. The molecule has 1 aliphatic rings. The Bertz CT molecular complexity index is 1840. The maximum Gasteiger partial charge on any atom is 0.338 e. The van der Waals surface area contributed by atoms with E-state index in [-0.39, 0.29) is 18.3 Å². The lowest BCUT2D eigenvalue weighted by Gasteiger charge is -2.25. The molecule has 9 heteroatoms. The smallest absolute Gasteiger partial charge is 0.338 e. The molecule has 0 fully saturated rings. The van der Waals surface area contributed by atoms with Crippen LogP contribution in [-0.2, 0) is 16.1 Å². The van der Waals surface area contributed by atoms with E-state index in [9.17, 15) is 9.59 Å². The molecule has 4 aromatic rings. The van der Waals surface area contributed by atoms with Gasteiger partial charge < -0.3 is 18.9 Å². The number of methoxy groups -OCH3 is 1. The Morgan fingerprint density at radius 2 is 1.77 bits per heavy atom. The van der Waals surface area contributed by atoms with Crippen molar-refractivity contribution in [3.05, 3.63) is 120 Å². The summed E-state index contributed by atoms with van der Waals surface area (Å²) >= 11 is 1.26. The molecule has 2 heterocycles. The summed E-state index contributed by atoms with van der Waals surface area (Å²) < 4.78 is 25.1. The van der Waals surface area contributed by atoms with Crippen LogP contribution in [0, 0.1) is 0 Å². The van der Waals surface area contributed by atoms with Gasteiger partial charge in [-0.1, -0.05) is 65.9 Å². The highest BCUT2D eigenvalue weighted by Crippen LogP contribution is 2.36. The topological polar surface area (TPSA) is 88.4 Å². The first-order chi connectivity index (χ1) is 20.8. The third-order valence-corrected chi connectivity index (χ3v) is 7.81. The first-order valence-electron chi connectivity index (χ1n) is 14.1. The Balaban J connectivity index is 1.62. The standard InChI is InChI=1S/C34H34N2O6S/c1-6-40-33(38)30-22(4)35-34-36(31(30)25-16-17-27(42-21(2)3)28(18-25)39-5)32(37)29(43-34)19-24-14-10-11-15-26(24)41-20-23-12-8-7-9-13-23/h7-19,21,31H,6,20H2,1-5H3/b29-19+/t31-/m0/s1. The zero-order valence-corrected chi connectivity index (χ0v) is 25.6. The molecule has 0 bridgehead atoms. The predicted molar refractivity (Wildman–Crippen MR) is 166 cm³/mol. The van der Waals surface area contributed by atoms with Crippen molar-refractivity contribution in [2.24, 2.45) is 4.99 Å². The van der Waals surface area contributed by atoms with E-state index in [1.54, 1.807) is 37.7 Å². The summed E-state index contributed by atoms with van der Waals surface area (Å²) in [6, 6.07) is 22.1. The van der Waals surface area contributed by atoms with Gasteiger partial charge in [0.1, 0.15) is 12.4 Å². The van der Waals surface area contributed by atoms with Crippen LogP contribution in [0.15, 0.2) is 93.9 Å². The average molecular weight is 599 g/mol. The Labute approximate surface area is 254 Å². The van der Waals surface area contributed by atoms with Crippen molar-refractivity contribution < 1.29 is 23.7 Å². The van der Waals surface area contributed by atoms with E-state index in [0.717, 1.165) is 11.1 Å². The maximum atomic E-state index is 14.1. The lowest BCUT2D eigenvalue weighted by atomic mass is 9.95. The monoisotopic (exact) mass is 598 g/mol. The van der Waals surface area contributed by atoms with Crippen molar-refractivity contribution >= 4 is 23.4 Å². The minimum Gasteiger partial charge on any atom is -0.493 e. The Kier molecular flexibility index (Phi) is 9.11. The van der Waals surface area contributed by atoms with Crippen LogP contribution in [0.1, 0.15) is 50.4 Å². The number of esters is 1. The van der Waals surface area contributed by atoms with Gasteiger partial charge in [0.05, 0.1) is 41.7 Å². The van der Waals surface area contributed by atoms with Gasteiger partial charge in [-0.15, -0.1) is 0 Å². The van der Waals surface area contributed by atoms with Crippen LogP contribution in [0.2, 0.25) is 0 Å². The van der Waals surface area contributed by atoms with Crippen molar-refractivity contribution in [2.75, 3.05) is 13.7 Å². The fourth-order valence-electron chi connectivity index (χ4n) is 4.92. The first-order valence-corrected chi connectivity index (χ1v) is 14.9. The van der Waals surface area contributed by atoms with Crippen LogP contribution in [0.25, 0.3) is 6.08 Å². The largest absolute Gasteiger partial charge is 0.493 e. The first kappa shape index (κ1) is 29.8. The van der Waals surface area contributed by atoms with E-state index in [1.165, 1.54) is 11.3 Å². The Hall–Kier alpha value is -4.63. The van der Waals surface area contributed by atoms with E-state index in [2.05, 4.69) is 4.99 Å². The van der Waals surface area contributed by atoms with Crippen molar-refractivity contribution in [2.45, 2.75) is 46.4 Å². The molecular weight excluding hydrogens is 564 g/mol. The van der Waals surface area contributed by atoms with Gasteiger partial charge >= 0.3 is 5.97 Å². The Morgan fingerprint density at radius 3 is 2.49 bits per heavy atom. The molecule has 0 aliphatic carbocycles.